The fourth-order valence-corrected chi connectivity index (χ4v) is 3.73. The standard InChI is InChI=1S/C15H20BrNO2/c1-18-11-4-6-15(7-5-11)9-13(17)12-8-10(16)2-3-14(12)19-15/h2-3,8,11,13H,4-7,9,17H2,1H3/t11?,13-,15?/m0/s1. The smallest absolute Gasteiger partial charge is 0.124 e. The fourth-order valence-electron chi connectivity index (χ4n) is 3.35. The second kappa shape index (κ2) is 5.08. The van der Waals surface area contributed by atoms with E-state index in [9.17, 15) is 0 Å². The number of halogens is 1. The van der Waals surface area contributed by atoms with Crippen LogP contribution in [0, 0.1) is 0 Å². The molecule has 3 rings (SSSR count). The highest BCUT2D eigenvalue weighted by atomic mass is 79.9. The molecular formula is C15H20BrNO2. The van der Waals surface area contributed by atoms with Gasteiger partial charge in [0.25, 0.3) is 0 Å². The molecule has 0 aromatic heterocycles. The molecule has 2 N–H and O–H groups in total. The van der Waals surface area contributed by atoms with E-state index in [1.54, 1.807) is 7.11 Å². The molecule has 19 heavy (non-hydrogen) atoms. The van der Waals surface area contributed by atoms with Crippen LogP contribution in [0.2, 0.25) is 0 Å². The molecule has 1 aromatic rings. The lowest BCUT2D eigenvalue weighted by molar-refractivity contribution is -0.0428. The van der Waals surface area contributed by atoms with Crippen LogP contribution in [0.25, 0.3) is 0 Å². The van der Waals surface area contributed by atoms with Crippen molar-refractivity contribution >= 4 is 15.9 Å². The van der Waals surface area contributed by atoms with Crippen LogP contribution in [0.3, 0.4) is 0 Å². The summed E-state index contributed by atoms with van der Waals surface area (Å²) in [6.07, 6.45) is 5.50. The largest absolute Gasteiger partial charge is 0.487 e. The van der Waals surface area contributed by atoms with Crippen molar-refractivity contribution in [3.8, 4) is 5.75 Å². The Labute approximate surface area is 122 Å². The van der Waals surface area contributed by atoms with Crippen LogP contribution in [0.4, 0.5) is 0 Å². The van der Waals surface area contributed by atoms with Crippen LogP contribution in [0.5, 0.6) is 5.75 Å². The topological polar surface area (TPSA) is 44.5 Å². The molecule has 1 aromatic carbocycles. The molecule has 3 nitrogen and oxygen atoms in total. The van der Waals surface area contributed by atoms with E-state index in [4.69, 9.17) is 15.2 Å². The molecule has 1 atom stereocenters. The van der Waals surface area contributed by atoms with E-state index in [1.165, 1.54) is 0 Å². The van der Waals surface area contributed by atoms with Gasteiger partial charge in [0, 0.05) is 29.6 Å². The molecule has 1 spiro atoms. The molecule has 1 aliphatic heterocycles. The van der Waals surface area contributed by atoms with E-state index in [0.29, 0.717) is 6.10 Å². The highest BCUT2D eigenvalue weighted by Gasteiger charge is 2.42. The molecule has 0 bridgehead atoms. The van der Waals surface area contributed by atoms with Gasteiger partial charge in [0.1, 0.15) is 11.4 Å². The summed E-state index contributed by atoms with van der Waals surface area (Å²) in [5.74, 6) is 0.956. The number of hydrogen-bond acceptors (Lipinski definition) is 3. The first-order valence-electron chi connectivity index (χ1n) is 6.89. The van der Waals surface area contributed by atoms with Gasteiger partial charge in [-0.1, -0.05) is 15.9 Å². The molecule has 104 valence electrons. The van der Waals surface area contributed by atoms with E-state index in [1.807, 2.05) is 12.1 Å². The van der Waals surface area contributed by atoms with Gasteiger partial charge in [-0.3, -0.25) is 0 Å². The van der Waals surface area contributed by atoms with Crippen molar-refractivity contribution in [2.24, 2.45) is 5.73 Å². The molecule has 1 heterocycles. The Morgan fingerprint density at radius 3 is 2.79 bits per heavy atom. The molecule has 0 unspecified atom stereocenters. The SMILES string of the molecule is COC1CCC2(CC1)C[C@H](N)c1cc(Br)ccc1O2. The minimum Gasteiger partial charge on any atom is -0.487 e. The van der Waals surface area contributed by atoms with E-state index >= 15 is 0 Å². The molecule has 4 heteroatoms. The van der Waals surface area contributed by atoms with Crippen LogP contribution < -0.4 is 10.5 Å². The summed E-state index contributed by atoms with van der Waals surface area (Å²) in [5.41, 5.74) is 7.40. The van der Waals surface area contributed by atoms with E-state index in [0.717, 1.165) is 47.9 Å². The summed E-state index contributed by atoms with van der Waals surface area (Å²) < 4.78 is 12.8. The first kappa shape index (κ1) is 13.4. The van der Waals surface area contributed by atoms with Gasteiger partial charge in [-0.05, 0) is 43.9 Å². The summed E-state index contributed by atoms with van der Waals surface area (Å²) in [5, 5.41) is 0. The molecule has 1 fully saturated rings. The van der Waals surface area contributed by atoms with Gasteiger partial charge in [0.05, 0.1) is 6.10 Å². The number of ether oxygens (including phenoxy) is 2. The zero-order chi connectivity index (χ0) is 13.5. The number of hydrogen-bond donors (Lipinski definition) is 1. The summed E-state index contributed by atoms with van der Waals surface area (Å²) in [6, 6.07) is 6.20. The Kier molecular flexibility index (Phi) is 3.58. The second-order valence-corrected chi connectivity index (χ2v) is 6.63. The minimum atomic E-state index is -0.0741. The lowest BCUT2D eigenvalue weighted by atomic mass is 9.76. The lowest BCUT2D eigenvalue weighted by Crippen LogP contribution is -2.46. The third-order valence-electron chi connectivity index (χ3n) is 4.47. The Bertz CT molecular complexity index is 469. The summed E-state index contributed by atoms with van der Waals surface area (Å²) in [4.78, 5) is 0. The lowest BCUT2D eigenvalue weighted by Gasteiger charge is -2.45. The molecule has 2 aliphatic rings. The van der Waals surface area contributed by atoms with Gasteiger partial charge < -0.3 is 15.2 Å². The van der Waals surface area contributed by atoms with Crippen LogP contribution >= 0.6 is 15.9 Å². The Balaban J connectivity index is 1.83. The van der Waals surface area contributed by atoms with E-state index < -0.39 is 0 Å². The maximum Gasteiger partial charge on any atom is 0.124 e. The van der Waals surface area contributed by atoms with E-state index in [-0.39, 0.29) is 11.6 Å². The van der Waals surface area contributed by atoms with Crippen molar-refractivity contribution < 1.29 is 9.47 Å². The van der Waals surface area contributed by atoms with Crippen molar-refractivity contribution in [2.45, 2.75) is 49.9 Å². The number of fused-ring (bicyclic) bond motifs is 1. The summed E-state index contributed by atoms with van der Waals surface area (Å²) >= 11 is 3.49. The number of nitrogens with two attached hydrogens (primary N) is 1. The van der Waals surface area contributed by atoms with Gasteiger partial charge in [0.15, 0.2) is 0 Å². The third kappa shape index (κ3) is 2.54. The monoisotopic (exact) mass is 325 g/mol. The van der Waals surface area contributed by atoms with Crippen molar-refractivity contribution in [3.05, 3.63) is 28.2 Å². The average molecular weight is 326 g/mol. The molecule has 0 amide bonds. The summed E-state index contributed by atoms with van der Waals surface area (Å²) in [6.45, 7) is 0. The van der Waals surface area contributed by atoms with Gasteiger partial charge in [-0.2, -0.15) is 0 Å². The highest BCUT2D eigenvalue weighted by molar-refractivity contribution is 9.10. The second-order valence-electron chi connectivity index (χ2n) is 5.71. The fraction of sp³-hybridized carbons (Fsp3) is 0.600. The molecule has 0 radical (unpaired) electrons. The Morgan fingerprint density at radius 1 is 1.37 bits per heavy atom. The van der Waals surface area contributed by atoms with Crippen LogP contribution in [-0.4, -0.2) is 18.8 Å². The molecule has 1 saturated carbocycles. The van der Waals surface area contributed by atoms with Crippen molar-refractivity contribution in [3.63, 3.8) is 0 Å². The number of rotatable bonds is 1. The van der Waals surface area contributed by atoms with Gasteiger partial charge in [-0.25, -0.2) is 0 Å². The maximum atomic E-state index is 6.36. The van der Waals surface area contributed by atoms with Crippen LogP contribution in [0.1, 0.15) is 43.7 Å². The Morgan fingerprint density at radius 2 is 2.11 bits per heavy atom. The van der Waals surface area contributed by atoms with Crippen LogP contribution in [0.15, 0.2) is 22.7 Å². The average Bonchev–Trinajstić information content (AvgIpc) is 2.41. The highest BCUT2D eigenvalue weighted by Crippen LogP contribution is 2.46. The minimum absolute atomic E-state index is 0.0698. The van der Waals surface area contributed by atoms with Gasteiger partial charge >= 0.3 is 0 Å². The normalized spacial score (nSPS) is 33.8. The zero-order valence-corrected chi connectivity index (χ0v) is 12.8. The molecule has 1 aliphatic carbocycles. The van der Waals surface area contributed by atoms with Crippen molar-refractivity contribution in [2.75, 3.05) is 7.11 Å². The zero-order valence-electron chi connectivity index (χ0n) is 11.2. The van der Waals surface area contributed by atoms with E-state index in [2.05, 4.69) is 22.0 Å². The van der Waals surface area contributed by atoms with Gasteiger partial charge in [-0.15, -0.1) is 0 Å². The number of methoxy groups -OCH3 is 1. The quantitative estimate of drug-likeness (QED) is 0.858. The molecular weight excluding hydrogens is 306 g/mol. The third-order valence-corrected chi connectivity index (χ3v) is 4.96. The molecule has 0 saturated heterocycles. The summed E-state index contributed by atoms with van der Waals surface area (Å²) in [7, 11) is 1.79. The Hall–Kier alpha value is -0.580. The van der Waals surface area contributed by atoms with Crippen molar-refractivity contribution in [1.29, 1.82) is 0 Å². The number of benzene rings is 1. The van der Waals surface area contributed by atoms with Gasteiger partial charge in [0.2, 0.25) is 0 Å². The maximum absolute atomic E-state index is 6.36. The van der Waals surface area contributed by atoms with Crippen LogP contribution in [-0.2, 0) is 4.74 Å². The van der Waals surface area contributed by atoms with Crippen molar-refractivity contribution in [1.82, 2.24) is 0 Å². The predicted molar refractivity (Wildman–Crippen MR) is 78.3 cm³/mol. The first-order chi connectivity index (χ1) is 9.12. The first-order valence-corrected chi connectivity index (χ1v) is 7.68. The predicted octanol–water partition coefficient (Wildman–Crippen LogP) is 3.56.